The molecule has 0 N–H and O–H groups in total. The van der Waals surface area contributed by atoms with Crippen LogP contribution < -0.4 is 0 Å². The minimum atomic E-state index is 0.897. The van der Waals surface area contributed by atoms with Gasteiger partial charge < -0.3 is 4.57 Å². The summed E-state index contributed by atoms with van der Waals surface area (Å²) in [5, 5.41) is 0. The second-order valence-corrected chi connectivity index (χ2v) is 15.9. The van der Waals surface area contributed by atoms with Gasteiger partial charge >= 0.3 is 0 Å². The monoisotopic (exact) mass is 714 g/mol. The maximum absolute atomic E-state index is 5.29. The lowest BCUT2D eigenvalue weighted by Gasteiger charge is -2.03. The minimum absolute atomic E-state index is 0.897. The van der Waals surface area contributed by atoms with E-state index in [1.807, 2.05) is 11.3 Å². The number of thiophene rings is 2. The summed E-state index contributed by atoms with van der Waals surface area (Å²) in [7, 11) is 2.11. The summed E-state index contributed by atoms with van der Waals surface area (Å²) in [5.41, 5.74) is 9.87. The molecule has 0 aliphatic heterocycles. The Morgan fingerprint density at radius 1 is 0.558 bits per heavy atom. The zero-order valence-corrected chi connectivity index (χ0v) is 32.2. The summed E-state index contributed by atoms with van der Waals surface area (Å²) in [6.07, 6.45) is 12.5. The highest BCUT2D eigenvalue weighted by molar-refractivity contribution is 7.31. The van der Waals surface area contributed by atoms with Gasteiger partial charge in [-0.05, 0) is 90.9 Å². The van der Waals surface area contributed by atoms with Gasteiger partial charge in [0.05, 0.1) is 21.5 Å². The van der Waals surface area contributed by atoms with Crippen LogP contribution in [0.4, 0.5) is 0 Å². The van der Waals surface area contributed by atoms with Crippen LogP contribution in [-0.4, -0.2) is 9.55 Å². The molecule has 0 radical (unpaired) electrons. The number of benzene rings is 4. The molecule has 0 saturated heterocycles. The van der Waals surface area contributed by atoms with Crippen LogP contribution in [0.5, 0.6) is 0 Å². The lowest BCUT2D eigenvalue weighted by atomic mass is 10.0. The van der Waals surface area contributed by atoms with Crippen LogP contribution in [0.25, 0.3) is 41.6 Å². The van der Waals surface area contributed by atoms with Crippen LogP contribution in [-0.2, 0) is 19.9 Å². The lowest BCUT2D eigenvalue weighted by molar-refractivity contribution is 0.667. The van der Waals surface area contributed by atoms with E-state index in [-0.39, 0.29) is 0 Å². The molecule has 4 aromatic carbocycles. The van der Waals surface area contributed by atoms with Crippen LogP contribution in [0.3, 0.4) is 0 Å². The summed E-state index contributed by atoms with van der Waals surface area (Å²) in [5.74, 6) is 14.8. The number of rotatable bonds is 12. The smallest absolute Gasteiger partial charge is 0.151 e. The Labute approximate surface area is 317 Å². The second-order valence-electron chi connectivity index (χ2n) is 13.7. The van der Waals surface area contributed by atoms with Crippen LogP contribution in [0, 0.1) is 23.7 Å². The van der Waals surface area contributed by atoms with E-state index >= 15 is 0 Å². The third kappa shape index (κ3) is 8.43. The molecule has 7 aromatic rings. The number of aryl methyl sites for hydroxylation is 3. The Morgan fingerprint density at radius 3 is 1.69 bits per heavy atom. The third-order valence-electron chi connectivity index (χ3n) is 9.74. The number of unbranched alkanes of at least 4 members (excludes halogenated alkanes) is 6. The van der Waals surface area contributed by atoms with E-state index in [4.69, 9.17) is 4.98 Å². The predicted octanol–water partition coefficient (Wildman–Crippen LogP) is 13.2. The Hall–Kier alpha value is -4.87. The molecule has 0 fully saturated rings. The van der Waals surface area contributed by atoms with Gasteiger partial charge in [-0.2, -0.15) is 0 Å². The summed E-state index contributed by atoms with van der Waals surface area (Å²) in [6, 6.07) is 37.0. The zero-order chi connectivity index (χ0) is 35.7. The van der Waals surface area contributed by atoms with E-state index in [0.717, 1.165) is 56.8 Å². The Morgan fingerprint density at radius 2 is 1.10 bits per heavy atom. The lowest BCUT2D eigenvalue weighted by Crippen LogP contribution is -1.93. The van der Waals surface area contributed by atoms with Crippen molar-refractivity contribution in [3.05, 3.63) is 137 Å². The number of aromatic nitrogens is 2. The molecule has 0 bridgehead atoms. The molecule has 0 saturated carbocycles. The van der Waals surface area contributed by atoms with Crippen LogP contribution >= 0.6 is 22.7 Å². The van der Waals surface area contributed by atoms with Gasteiger partial charge in [0, 0.05) is 32.5 Å². The molecule has 52 heavy (non-hydrogen) atoms. The van der Waals surface area contributed by atoms with Gasteiger partial charge in [-0.15, -0.1) is 22.7 Å². The highest BCUT2D eigenvalue weighted by Crippen LogP contribution is 2.42. The second kappa shape index (κ2) is 17.1. The van der Waals surface area contributed by atoms with E-state index in [2.05, 4.69) is 152 Å². The van der Waals surface area contributed by atoms with Crippen molar-refractivity contribution < 1.29 is 0 Å². The average molecular weight is 715 g/mol. The molecule has 0 unspecified atom stereocenters. The molecule has 0 amide bonds. The van der Waals surface area contributed by atoms with Crippen LogP contribution in [0.2, 0.25) is 0 Å². The molecule has 4 heteroatoms. The molecule has 3 aromatic heterocycles. The molecule has 7 rings (SSSR count). The molecular weight excluding hydrogens is 669 g/mol. The molecule has 0 aliphatic carbocycles. The molecule has 0 aliphatic rings. The zero-order valence-electron chi connectivity index (χ0n) is 30.6. The highest BCUT2D eigenvalue weighted by Gasteiger charge is 2.18. The molecular formula is C48H46N2S2. The van der Waals surface area contributed by atoms with Gasteiger partial charge in [0.2, 0.25) is 0 Å². The number of nitrogens with zero attached hydrogens (tertiary/aromatic N) is 2. The van der Waals surface area contributed by atoms with Gasteiger partial charge in [-0.1, -0.05) is 131 Å². The average Bonchev–Trinajstić information content (AvgIpc) is 3.87. The normalized spacial score (nSPS) is 11.1. The predicted molar refractivity (Wildman–Crippen MR) is 225 cm³/mol. The first-order valence-corrected chi connectivity index (χ1v) is 20.5. The quantitative estimate of drug-likeness (QED) is 0.0910. The fraction of sp³-hybridized carbons (Fsp3) is 0.271. The Balaban J connectivity index is 1.21. The van der Waals surface area contributed by atoms with Crippen LogP contribution in [0.15, 0.2) is 103 Å². The summed E-state index contributed by atoms with van der Waals surface area (Å²) < 4.78 is 4.78. The topological polar surface area (TPSA) is 17.8 Å². The number of fused-ring (bicyclic) bond motifs is 2. The number of hydrogen-bond donors (Lipinski definition) is 0. The van der Waals surface area contributed by atoms with Crippen molar-refractivity contribution in [1.82, 2.24) is 9.55 Å². The minimum Gasteiger partial charge on any atom is -0.325 e. The van der Waals surface area contributed by atoms with Gasteiger partial charge in [0.15, 0.2) is 5.82 Å². The third-order valence-corrected chi connectivity index (χ3v) is 12.1. The van der Waals surface area contributed by atoms with Gasteiger partial charge in [-0.3, -0.25) is 0 Å². The largest absolute Gasteiger partial charge is 0.325 e. The van der Waals surface area contributed by atoms with Crippen molar-refractivity contribution >= 4 is 43.1 Å². The fourth-order valence-corrected chi connectivity index (χ4v) is 9.16. The number of hydrogen-bond acceptors (Lipinski definition) is 3. The van der Waals surface area contributed by atoms with Crippen molar-refractivity contribution in [2.75, 3.05) is 0 Å². The SMILES string of the molecule is CCCCCCc1ccc(C#Cc2ccc(C#Cc3ccc(CCCCCC)cc3)c3c2nc(-c2cc4sc(-c5ccccc5)cc4s2)n3C)cc1. The molecule has 260 valence electrons. The molecule has 0 spiro atoms. The molecule has 0 atom stereocenters. The van der Waals surface area contributed by atoms with Gasteiger partial charge in [0.25, 0.3) is 0 Å². The first-order chi connectivity index (χ1) is 25.6. The fourth-order valence-electron chi connectivity index (χ4n) is 6.73. The Bertz CT molecular complexity index is 2350. The van der Waals surface area contributed by atoms with Crippen molar-refractivity contribution in [2.24, 2.45) is 7.05 Å². The highest BCUT2D eigenvalue weighted by atomic mass is 32.1. The maximum Gasteiger partial charge on any atom is 0.151 e. The summed E-state index contributed by atoms with van der Waals surface area (Å²) in [6.45, 7) is 4.52. The van der Waals surface area contributed by atoms with Gasteiger partial charge in [-0.25, -0.2) is 4.98 Å². The van der Waals surface area contributed by atoms with E-state index in [9.17, 15) is 0 Å². The van der Waals surface area contributed by atoms with E-state index in [0.29, 0.717) is 0 Å². The first-order valence-electron chi connectivity index (χ1n) is 18.9. The molecule has 2 nitrogen and oxygen atoms in total. The van der Waals surface area contributed by atoms with E-state index in [1.165, 1.54) is 82.3 Å². The van der Waals surface area contributed by atoms with Crippen molar-refractivity contribution in [3.63, 3.8) is 0 Å². The van der Waals surface area contributed by atoms with E-state index in [1.54, 1.807) is 11.3 Å². The van der Waals surface area contributed by atoms with Gasteiger partial charge in [0.1, 0.15) is 5.52 Å². The van der Waals surface area contributed by atoms with Crippen molar-refractivity contribution in [2.45, 2.75) is 78.1 Å². The number of imidazole rings is 1. The maximum atomic E-state index is 5.29. The van der Waals surface area contributed by atoms with Crippen molar-refractivity contribution in [1.29, 1.82) is 0 Å². The first kappa shape index (κ1) is 35.5. The molecule has 3 heterocycles. The summed E-state index contributed by atoms with van der Waals surface area (Å²) >= 11 is 3.64. The van der Waals surface area contributed by atoms with E-state index < -0.39 is 0 Å². The standard InChI is InChI=1S/C48H46N2S2/c1-4-6-8-11-15-35-19-23-37(24-20-35)27-29-40-31-32-41(30-28-38-25-21-36(22-26-38)16-12-9-7-5-2)47-46(40)49-48(50(47)3)45-34-44-43(52-45)33-42(51-44)39-17-13-10-14-18-39/h10,13-14,17-26,31-34H,4-9,11-12,15-16H2,1-3H3. The van der Waals surface area contributed by atoms with Crippen molar-refractivity contribution in [3.8, 4) is 44.8 Å². The van der Waals surface area contributed by atoms with Crippen LogP contribution in [0.1, 0.15) is 98.6 Å². The Kier molecular flexibility index (Phi) is 11.7. The summed E-state index contributed by atoms with van der Waals surface area (Å²) in [4.78, 5) is 7.74.